The Morgan fingerprint density at radius 1 is 1.21 bits per heavy atom. The Bertz CT molecular complexity index is 1520. The van der Waals surface area contributed by atoms with Crippen molar-refractivity contribution in [2.24, 2.45) is 18.7 Å². The molecule has 4 aromatic rings. The van der Waals surface area contributed by atoms with Crippen LogP contribution in [0.5, 0.6) is 5.75 Å². The number of hydrogen-bond donors (Lipinski definition) is 1. The van der Waals surface area contributed by atoms with Gasteiger partial charge in [0.15, 0.2) is 5.82 Å². The standard InChI is InChI=1S/C26H28F3N5O3.ClH/c1-32-22-18(8-15(10-20(22)36-2)24(35)33-7-3-4-17(30)13-33)31-23(32)19-9-16-11-21(26(27,28)29)37-25(16)34(19)12-14-5-6-14;/h8-11,14,17H,3-7,12-13,30H2,1-2H3;1H/t17-;/m1./s1. The van der Waals surface area contributed by atoms with E-state index in [2.05, 4.69) is 0 Å². The van der Waals surface area contributed by atoms with Crippen LogP contribution < -0.4 is 10.5 Å². The monoisotopic (exact) mass is 551 g/mol. The third-order valence-electron chi connectivity index (χ3n) is 7.36. The molecule has 1 aliphatic heterocycles. The van der Waals surface area contributed by atoms with Crippen molar-refractivity contribution in [3.8, 4) is 17.3 Å². The molecule has 0 bridgehead atoms. The van der Waals surface area contributed by atoms with E-state index in [9.17, 15) is 18.0 Å². The Morgan fingerprint density at radius 3 is 2.63 bits per heavy atom. The van der Waals surface area contributed by atoms with Crippen molar-refractivity contribution in [1.29, 1.82) is 0 Å². The van der Waals surface area contributed by atoms with E-state index in [0.717, 1.165) is 31.7 Å². The number of alkyl halides is 3. The molecule has 8 nitrogen and oxygen atoms in total. The number of aromatic nitrogens is 3. The molecule has 1 atom stereocenters. The number of rotatable bonds is 5. The van der Waals surface area contributed by atoms with E-state index in [0.29, 0.717) is 64.8 Å². The number of likely N-dealkylation sites (tertiary alicyclic amines) is 1. The number of fused-ring (bicyclic) bond motifs is 2. The van der Waals surface area contributed by atoms with Gasteiger partial charge in [-0.1, -0.05) is 0 Å². The van der Waals surface area contributed by atoms with Crippen LogP contribution >= 0.6 is 12.4 Å². The fourth-order valence-electron chi connectivity index (χ4n) is 5.30. The maximum absolute atomic E-state index is 13.3. The van der Waals surface area contributed by atoms with E-state index in [1.54, 1.807) is 27.7 Å². The second-order valence-corrected chi connectivity index (χ2v) is 10.1. The summed E-state index contributed by atoms with van der Waals surface area (Å²) in [6, 6.07) is 6.13. The third-order valence-corrected chi connectivity index (χ3v) is 7.36. The summed E-state index contributed by atoms with van der Waals surface area (Å²) in [5.74, 6) is 0.293. The highest BCUT2D eigenvalue weighted by atomic mass is 35.5. The number of imidazole rings is 1. The van der Waals surface area contributed by atoms with Crippen LogP contribution in [0.1, 0.15) is 41.8 Å². The summed E-state index contributed by atoms with van der Waals surface area (Å²) in [6.45, 7) is 1.69. The molecule has 2 fully saturated rings. The minimum absolute atomic E-state index is 0. The fourth-order valence-corrected chi connectivity index (χ4v) is 5.30. The summed E-state index contributed by atoms with van der Waals surface area (Å²) in [6.07, 6.45) is -0.767. The smallest absolute Gasteiger partial charge is 0.449 e. The SMILES string of the molecule is COc1cc(C(=O)N2CCC[C@@H](N)C2)cc2nc(-c3cc4cc(C(F)(F)F)oc4n3CC3CC3)n(C)c12.Cl. The average molecular weight is 552 g/mol. The van der Waals surface area contributed by atoms with Gasteiger partial charge in [0.05, 0.1) is 18.3 Å². The first kappa shape index (κ1) is 26.4. The molecule has 0 unspecified atom stereocenters. The first-order chi connectivity index (χ1) is 17.6. The molecule has 1 amide bonds. The fraction of sp³-hybridized carbons (Fsp3) is 0.462. The van der Waals surface area contributed by atoms with Gasteiger partial charge in [-0.25, -0.2) is 4.98 Å². The molecule has 3 aromatic heterocycles. The molecule has 0 radical (unpaired) electrons. The van der Waals surface area contributed by atoms with Gasteiger partial charge in [0.2, 0.25) is 11.5 Å². The lowest BCUT2D eigenvalue weighted by Crippen LogP contribution is -2.45. The lowest BCUT2D eigenvalue weighted by molar-refractivity contribution is -0.152. The molecule has 38 heavy (non-hydrogen) atoms. The molecule has 0 spiro atoms. The Morgan fingerprint density at radius 2 is 1.97 bits per heavy atom. The zero-order valence-electron chi connectivity index (χ0n) is 21.0. The van der Waals surface area contributed by atoms with Gasteiger partial charge in [-0.05, 0) is 55.9 Å². The van der Waals surface area contributed by atoms with Gasteiger partial charge < -0.3 is 28.9 Å². The summed E-state index contributed by atoms with van der Waals surface area (Å²) in [7, 11) is 3.36. The van der Waals surface area contributed by atoms with Crippen molar-refractivity contribution in [3.63, 3.8) is 0 Å². The highest BCUT2D eigenvalue weighted by molar-refractivity contribution is 6.00. The van der Waals surface area contributed by atoms with Crippen LogP contribution in [0.15, 0.2) is 28.7 Å². The molecule has 1 aromatic carbocycles. The number of methoxy groups -OCH3 is 1. The van der Waals surface area contributed by atoms with Crippen LogP contribution in [-0.2, 0) is 19.8 Å². The van der Waals surface area contributed by atoms with Gasteiger partial charge in [-0.2, -0.15) is 13.2 Å². The van der Waals surface area contributed by atoms with E-state index in [1.165, 1.54) is 7.11 Å². The van der Waals surface area contributed by atoms with Crippen molar-refractivity contribution in [1.82, 2.24) is 19.0 Å². The van der Waals surface area contributed by atoms with Crippen LogP contribution in [0.4, 0.5) is 13.2 Å². The number of ether oxygens (including phenoxy) is 1. The van der Waals surface area contributed by atoms with Crippen LogP contribution in [-0.4, -0.2) is 51.2 Å². The number of nitrogens with zero attached hydrogens (tertiary/aromatic N) is 4. The number of aryl methyl sites for hydroxylation is 1. The van der Waals surface area contributed by atoms with Crippen LogP contribution in [0.25, 0.3) is 33.7 Å². The predicted molar refractivity (Wildman–Crippen MR) is 139 cm³/mol. The Hall–Kier alpha value is -3.18. The van der Waals surface area contributed by atoms with Gasteiger partial charge in [0.1, 0.15) is 11.3 Å². The van der Waals surface area contributed by atoms with E-state index >= 15 is 0 Å². The molecular formula is C26H29ClF3N5O3. The number of nitrogens with two attached hydrogens (primary N) is 1. The maximum Gasteiger partial charge on any atom is 0.449 e. The topological polar surface area (TPSA) is 91.5 Å². The first-order valence-corrected chi connectivity index (χ1v) is 12.4. The summed E-state index contributed by atoms with van der Waals surface area (Å²) >= 11 is 0. The number of amides is 1. The second kappa shape index (κ2) is 9.53. The van der Waals surface area contributed by atoms with Gasteiger partial charge in [-0.3, -0.25) is 4.79 Å². The number of carbonyl (C=O) groups is 1. The zero-order chi connectivity index (χ0) is 26.1. The van der Waals surface area contributed by atoms with E-state index < -0.39 is 11.9 Å². The van der Waals surface area contributed by atoms with Crippen molar-refractivity contribution < 1.29 is 27.1 Å². The summed E-state index contributed by atoms with van der Waals surface area (Å²) in [5.41, 5.74) is 8.63. The minimum Gasteiger partial charge on any atom is -0.494 e. The molecule has 2 N–H and O–H groups in total. The number of hydrogen-bond acceptors (Lipinski definition) is 5. The summed E-state index contributed by atoms with van der Waals surface area (Å²) in [5, 5.41) is 0.374. The minimum atomic E-state index is -4.56. The number of furan rings is 1. The van der Waals surface area contributed by atoms with Crippen LogP contribution in [0, 0.1) is 5.92 Å². The Balaban J connectivity index is 0.00000294. The Labute approximate surface area is 222 Å². The van der Waals surface area contributed by atoms with E-state index in [4.69, 9.17) is 19.9 Å². The van der Waals surface area contributed by atoms with Gasteiger partial charge in [0.25, 0.3) is 5.91 Å². The number of piperidine rings is 1. The molecule has 4 heterocycles. The molecular weight excluding hydrogens is 523 g/mol. The van der Waals surface area contributed by atoms with Gasteiger partial charge in [-0.15, -0.1) is 12.4 Å². The predicted octanol–water partition coefficient (Wildman–Crippen LogP) is 5.21. The molecule has 2 aliphatic rings. The van der Waals surface area contributed by atoms with Crippen molar-refractivity contribution in [2.45, 2.75) is 44.4 Å². The normalized spacial score (nSPS) is 18.3. The molecule has 204 valence electrons. The van der Waals surface area contributed by atoms with Crippen LogP contribution in [0.3, 0.4) is 0 Å². The lowest BCUT2D eigenvalue weighted by atomic mass is 10.0. The van der Waals surface area contributed by atoms with E-state index in [-0.39, 0.29) is 30.1 Å². The second-order valence-electron chi connectivity index (χ2n) is 10.1. The number of halogens is 4. The maximum atomic E-state index is 13.3. The largest absolute Gasteiger partial charge is 0.494 e. The molecule has 12 heteroatoms. The molecule has 1 aliphatic carbocycles. The van der Waals surface area contributed by atoms with Crippen molar-refractivity contribution in [3.05, 3.63) is 35.6 Å². The Kier molecular flexibility index (Phi) is 6.63. The summed E-state index contributed by atoms with van der Waals surface area (Å²) < 4.78 is 54.5. The first-order valence-electron chi connectivity index (χ1n) is 12.4. The third kappa shape index (κ3) is 4.51. The summed E-state index contributed by atoms with van der Waals surface area (Å²) in [4.78, 5) is 19.9. The molecule has 1 saturated carbocycles. The van der Waals surface area contributed by atoms with Gasteiger partial charge >= 0.3 is 6.18 Å². The number of benzene rings is 1. The highest BCUT2D eigenvalue weighted by Crippen LogP contribution is 2.41. The quantitative estimate of drug-likeness (QED) is 0.368. The molecule has 1 saturated heterocycles. The van der Waals surface area contributed by atoms with Crippen LogP contribution in [0.2, 0.25) is 0 Å². The average Bonchev–Trinajstić information content (AvgIpc) is 3.34. The highest BCUT2D eigenvalue weighted by Gasteiger charge is 2.37. The van der Waals surface area contributed by atoms with Crippen molar-refractivity contribution in [2.75, 3.05) is 20.2 Å². The molecule has 6 rings (SSSR count). The lowest BCUT2D eigenvalue weighted by Gasteiger charge is -2.30. The zero-order valence-corrected chi connectivity index (χ0v) is 21.9. The van der Waals surface area contributed by atoms with E-state index in [1.807, 2.05) is 11.6 Å². The number of carbonyl (C=O) groups excluding carboxylic acids is 1. The van der Waals surface area contributed by atoms with Gasteiger partial charge in [0, 0.05) is 43.7 Å². The van der Waals surface area contributed by atoms with Crippen molar-refractivity contribution >= 4 is 40.4 Å².